The fourth-order valence-corrected chi connectivity index (χ4v) is 3.67. The highest BCUT2D eigenvalue weighted by molar-refractivity contribution is 9.10. The second-order valence-corrected chi connectivity index (χ2v) is 6.78. The molecule has 1 fully saturated rings. The van der Waals surface area contributed by atoms with E-state index in [1.165, 1.54) is 0 Å². The molecule has 0 bridgehead atoms. The van der Waals surface area contributed by atoms with Gasteiger partial charge in [0, 0.05) is 10.5 Å². The minimum Gasteiger partial charge on any atom is -0.481 e. The molecule has 2 rings (SSSR count). The van der Waals surface area contributed by atoms with E-state index in [2.05, 4.69) is 26.6 Å². The van der Waals surface area contributed by atoms with Crippen molar-refractivity contribution < 1.29 is 14.7 Å². The largest absolute Gasteiger partial charge is 0.481 e. The Morgan fingerprint density at radius 3 is 2.36 bits per heavy atom. The molecule has 5 nitrogen and oxygen atoms in total. The van der Waals surface area contributed by atoms with Crippen LogP contribution in [-0.2, 0) is 4.79 Å². The number of rotatable bonds is 3. The number of carbonyl (C=O) groups excluding carboxylic acids is 1. The molecule has 0 atom stereocenters. The Morgan fingerprint density at radius 1 is 1.18 bits per heavy atom. The Morgan fingerprint density at radius 2 is 1.82 bits per heavy atom. The van der Waals surface area contributed by atoms with E-state index in [9.17, 15) is 9.59 Å². The van der Waals surface area contributed by atoms with Crippen LogP contribution in [0.2, 0.25) is 0 Å². The molecule has 0 saturated heterocycles. The average Bonchev–Trinajstić information content (AvgIpc) is 2.43. The van der Waals surface area contributed by atoms with Crippen LogP contribution in [0.1, 0.15) is 36.8 Å². The molecule has 1 aliphatic carbocycles. The molecule has 1 aliphatic rings. The first kappa shape index (κ1) is 16.8. The number of benzene rings is 1. The average molecular weight is 369 g/mol. The summed E-state index contributed by atoms with van der Waals surface area (Å²) in [5.74, 6) is -1.00. The lowest BCUT2D eigenvalue weighted by atomic mass is 9.86. The molecular formula is C16H21BrN2O3. The van der Waals surface area contributed by atoms with Crippen molar-refractivity contribution in [3.8, 4) is 0 Å². The number of aliphatic carboxylic acids is 1. The van der Waals surface area contributed by atoms with Crippen LogP contribution in [0.4, 0.5) is 10.5 Å². The van der Waals surface area contributed by atoms with Crippen molar-refractivity contribution in [2.45, 2.75) is 45.6 Å². The van der Waals surface area contributed by atoms with Gasteiger partial charge in [0.1, 0.15) is 0 Å². The molecule has 6 heteroatoms. The number of anilines is 1. The number of aryl methyl sites for hydroxylation is 2. The number of halogens is 1. The summed E-state index contributed by atoms with van der Waals surface area (Å²) >= 11 is 3.47. The fourth-order valence-electron chi connectivity index (χ4n) is 2.89. The number of hydrogen-bond donors (Lipinski definition) is 3. The van der Waals surface area contributed by atoms with E-state index in [0.29, 0.717) is 25.7 Å². The number of carboxylic acids is 1. The van der Waals surface area contributed by atoms with Gasteiger partial charge in [-0.1, -0.05) is 6.07 Å². The molecule has 3 N–H and O–H groups in total. The molecule has 1 aromatic rings. The third-order valence-corrected chi connectivity index (χ3v) is 4.71. The second-order valence-electron chi connectivity index (χ2n) is 5.92. The molecule has 1 aromatic carbocycles. The third kappa shape index (κ3) is 4.22. The van der Waals surface area contributed by atoms with E-state index < -0.39 is 5.97 Å². The fraction of sp³-hybridized carbons (Fsp3) is 0.500. The molecule has 0 unspecified atom stereocenters. The Labute approximate surface area is 138 Å². The minimum absolute atomic E-state index is 0.0418. The summed E-state index contributed by atoms with van der Waals surface area (Å²) in [6.45, 7) is 3.95. The number of hydrogen-bond acceptors (Lipinski definition) is 2. The molecule has 0 aliphatic heterocycles. The van der Waals surface area contributed by atoms with Crippen LogP contribution in [0.15, 0.2) is 16.6 Å². The van der Waals surface area contributed by atoms with Crippen LogP contribution < -0.4 is 10.6 Å². The Bertz CT molecular complexity index is 558. The quantitative estimate of drug-likeness (QED) is 0.758. The van der Waals surface area contributed by atoms with Gasteiger partial charge in [-0.2, -0.15) is 0 Å². The van der Waals surface area contributed by atoms with E-state index >= 15 is 0 Å². The van der Waals surface area contributed by atoms with E-state index in [-0.39, 0.29) is 18.0 Å². The van der Waals surface area contributed by atoms with Gasteiger partial charge in [-0.05, 0) is 72.7 Å². The predicted octanol–water partition coefficient (Wildman–Crippen LogP) is 3.83. The first-order valence-corrected chi connectivity index (χ1v) is 8.23. The van der Waals surface area contributed by atoms with Crippen molar-refractivity contribution in [2.75, 3.05) is 5.32 Å². The second kappa shape index (κ2) is 7.13. The summed E-state index contributed by atoms with van der Waals surface area (Å²) in [4.78, 5) is 23.0. The number of urea groups is 1. The molecule has 0 aromatic heterocycles. The van der Waals surface area contributed by atoms with Crippen LogP contribution in [-0.4, -0.2) is 23.1 Å². The molecule has 120 valence electrons. The first-order valence-electron chi connectivity index (χ1n) is 7.44. The van der Waals surface area contributed by atoms with Crippen molar-refractivity contribution in [2.24, 2.45) is 5.92 Å². The molecule has 0 radical (unpaired) electrons. The van der Waals surface area contributed by atoms with E-state index in [0.717, 1.165) is 21.3 Å². The topological polar surface area (TPSA) is 78.4 Å². The van der Waals surface area contributed by atoms with Gasteiger partial charge in [0.2, 0.25) is 0 Å². The molecule has 0 spiro atoms. The predicted molar refractivity (Wildman–Crippen MR) is 89.2 cm³/mol. The van der Waals surface area contributed by atoms with Gasteiger partial charge in [-0.15, -0.1) is 0 Å². The summed E-state index contributed by atoms with van der Waals surface area (Å²) in [5.41, 5.74) is 2.89. The highest BCUT2D eigenvalue weighted by Gasteiger charge is 2.26. The molecular weight excluding hydrogens is 348 g/mol. The van der Waals surface area contributed by atoms with E-state index in [1.54, 1.807) is 0 Å². The van der Waals surface area contributed by atoms with E-state index in [4.69, 9.17) is 5.11 Å². The maximum absolute atomic E-state index is 12.1. The van der Waals surface area contributed by atoms with Gasteiger partial charge >= 0.3 is 12.0 Å². The summed E-state index contributed by atoms with van der Waals surface area (Å²) in [6.07, 6.45) is 2.65. The zero-order chi connectivity index (χ0) is 16.3. The maximum Gasteiger partial charge on any atom is 0.319 e. The summed E-state index contributed by atoms with van der Waals surface area (Å²) in [5, 5.41) is 14.8. The van der Waals surface area contributed by atoms with Crippen molar-refractivity contribution in [3.05, 3.63) is 27.7 Å². The van der Waals surface area contributed by atoms with E-state index in [1.807, 2.05) is 26.0 Å². The number of amides is 2. The Balaban J connectivity index is 1.90. The van der Waals surface area contributed by atoms with Gasteiger partial charge in [0.05, 0.1) is 11.6 Å². The monoisotopic (exact) mass is 368 g/mol. The molecule has 2 amide bonds. The van der Waals surface area contributed by atoms with Gasteiger partial charge in [-0.25, -0.2) is 4.79 Å². The summed E-state index contributed by atoms with van der Waals surface area (Å²) in [6, 6.07) is 3.77. The van der Waals surface area contributed by atoms with Crippen molar-refractivity contribution in [1.82, 2.24) is 5.32 Å². The molecule has 22 heavy (non-hydrogen) atoms. The Kier molecular flexibility index (Phi) is 5.45. The Hall–Kier alpha value is -1.56. The van der Waals surface area contributed by atoms with Crippen LogP contribution in [0, 0.1) is 19.8 Å². The maximum atomic E-state index is 12.1. The summed E-state index contributed by atoms with van der Waals surface area (Å²) in [7, 11) is 0. The van der Waals surface area contributed by atoms with Gasteiger partial charge < -0.3 is 15.7 Å². The van der Waals surface area contributed by atoms with Gasteiger partial charge in [0.25, 0.3) is 0 Å². The SMILES string of the molecule is Cc1cc(C)c(NC(=O)NC2CCC(C(=O)O)CC2)c(Br)c1. The van der Waals surface area contributed by atoms with Gasteiger partial charge in [-0.3, -0.25) is 4.79 Å². The van der Waals surface area contributed by atoms with Crippen LogP contribution in [0.5, 0.6) is 0 Å². The molecule has 0 heterocycles. The van der Waals surface area contributed by atoms with Crippen LogP contribution in [0.25, 0.3) is 0 Å². The highest BCUT2D eigenvalue weighted by atomic mass is 79.9. The molecule has 1 saturated carbocycles. The lowest BCUT2D eigenvalue weighted by Crippen LogP contribution is -2.41. The number of carboxylic acid groups (broad SMARTS) is 1. The first-order chi connectivity index (χ1) is 10.4. The number of nitrogens with one attached hydrogen (secondary N) is 2. The zero-order valence-corrected chi connectivity index (χ0v) is 14.4. The lowest BCUT2D eigenvalue weighted by molar-refractivity contribution is -0.142. The van der Waals surface area contributed by atoms with Crippen LogP contribution >= 0.6 is 15.9 Å². The lowest BCUT2D eigenvalue weighted by Gasteiger charge is -2.27. The third-order valence-electron chi connectivity index (χ3n) is 4.08. The normalized spacial score (nSPS) is 21.2. The van der Waals surface area contributed by atoms with Gasteiger partial charge in [0.15, 0.2) is 0 Å². The smallest absolute Gasteiger partial charge is 0.319 e. The highest BCUT2D eigenvalue weighted by Crippen LogP contribution is 2.28. The summed E-state index contributed by atoms with van der Waals surface area (Å²) < 4.78 is 0.856. The van der Waals surface area contributed by atoms with Crippen molar-refractivity contribution in [1.29, 1.82) is 0 Å². The zero-order valence-electron chi connectivity index (χ0n) is 12.8. The van der Waals surface area contributed by atoms with Crippen molar-refractivity contribution in [3.63, 3.8) is 0 Å². The number of carbonyl (C=O) groups is 2. The standard InChI is InChI=1S/C16H21BrN2O3/c1-9-7-10(2)14(13(17)8-9)19-16(22)18-12-5-3-11(4-6-12)15(20)21/h7-8,11-12H,3-6H2,1-2H3,(H,20,21)(H2,18,19,22). The van der Waals surface area contributed by atoms with Crippen LogP contribution in [0.3, 0.4) is 0 Å². The van der Waals surface area contributed by atoms with Crippen molar-refractivity contribution >= 4 is 33.6 Å². The minimum atomic E-state index is -0.734.